The molecule has 0 amide bonds. The monoisotopic (exact) mass is 310 g/mol. The maximum atomic E-state index is 12.5. The van der Waals surface area contributed by atoms with Gasteiger partial charge >= 0.3 is 6.18 Å². The normalized spacial score (nSPS) is 16.0. The first-order valence-electron chi connectivity index (χ1n) is 4.98. The van der Waals surface area contributed by atoms with Gasteiger partial charge in [-0.15, -0.1) is 0 Å². The summed E-state index contributed by atoms with van der Waals surface area (Å²) in [5.74, 6) is 0.347. The van der Waals surface area contributed by atoms with E-state index >= 15 is 0 Å². The molecule has 1 aliphatic rings. The number of hydrogen-bond acceptors (Lipinski definition) is 4. The number of aromatic nitrogens is 2. The molecular weight excluding hydrogens is 301 g/mol. The summed E-state index contributed by atoms with van der Waals surface area (Å²) >= 11 is 3.13. The van der Waals surface area contributed by atoms with Crippen LogP contribution in [0.25, 0.3) is 0 Å². The molecule has 1 aliphatic carbocycles. The predicted molar refractivity (Wildman–Crippen MR) is 60.6 cm³/mol. The van der Waals surface area contributed by atoms with Crippen LogP contribution >= 0.6 is 15.9 Å². The number of anilines is 2. The van der Waals surface area contributed by atoms with E-state index in [-0.39, 0.29) is 17.7 Å². The fourth-order valence-electron chi connectivity index (χ4n) is 1.53. The Labute approximate surface area is 104 Å². The second-order valence-electron chi connectivity index (χ2n) is 3.87. The van der Waals surface area contributed by atoms with Crippen LogP contribution in [-0.2, 0) is 0 Å². The van der Waals surface area contributed by atoms with Crippen LogP contribution in [-0.4, -0.2) is 28.7 Å². The summed E-state index contributed by atoms with van der Waals surface area (Å²) in [6, 6.07) is -0.109. The van der Waals surface area contributed by atoms with E-state index in [4.69, 9.17) is 5.73 Å². The third-order valence-corrected chi connectivity index (χ3v) is 3.17. The molecule has 1 aromatic rings. The number of hydrogen-bond donors (Lipinski definition) is 1. The fourth-order valence-corrected chi connectivity index (χ4v) is 1.96. The molecule has 8 heteroatoms. The van der Waals surface area contributed by atoms with E-state index in [1.165, 1.54) is 11.2 Å². The maximum Gasteiger partial charge on any atom is 0.405 e. The van der Waals surface area contributed by atoms with Crippen LogP contribution in [0, 0.1) is 0 Å². The highest BCUT2D eigenvalue weighted by Gasteiger charge is 2.39. The highest BCUT2D eigenvalue weighted by molar-refractivity contribution is 9.10. The zero-order chi connectivity index (χ0) is 12.6. The Morgan fingerprint density at radius 3 is 2.59 bits per heavy atom. The van der Waals surface area contributed by atoms with Crippen molar-refractivity contribution >= 4 is 27.6 Å². The van der Waals surface area contributed by atoms with Gasteiger partial charge in [-0.2, -0.15) is 13.2 Å². The summed E-state index contributed by atoms with van der Waals surface area (Å²) in [6.45, 7) is -1.02. The molecule has 2 rings (SSSR count). The van der Waals surface area contributed by atoms with Crippen molar-refractivity contribution in [2.24, 2.45) is 0 Å². The molecule has 0 radical (unpaired) electrons. The minimum absolute atomic E-state index is 0.109. The predicted octanol–water partition coefficient (Wildman–Crippen LogP) is 2.35. The van der Waals surface area contributed by atoms with Crippen molar-refractivity contribution in [3.63, 3.8) is 0 Å². The second-order valence-corrected chi connectivity index (χ2v) is 4.66. The van der Waals surface area contributed by atoms with Crippen LogP contribution in [0.3, 0.4) is 0 Å². The highest BCUT2D eigenvalue weighted by atomic mass is 79.9. The van der Waals surface area contributed by atoms with Crippen molar-refractivity contribution in [1.29, 1.82) is 0 Å². The molecule has 1 aromatic heterocycles. The molecule has 0 aliphatic heterocycles. The van der Waals surface area contributed by atoms with Crippen molar-refractivity contribution in [3.8, 4) is 0 Å². The van der Waals surface area contributed by atoms with Gasteiger partial charge in [0.25, 0.3) is 0 Å². The second kappa shape index (κ2) is 4.32. The lowest BCUT2D eigenvalue weighted by molar-refractivity contribution is -0.120. The summed E-state index contributed by atoms with van der Waals surface area (Å²) in [5.41, 5.74) is 5.54. The van der Waals surface area contributed by atoms with Gasteiger partial charge in [-0.05, 0) is 28.8 Å². The standard InChI is InChI=1S/C9H10BrF3N4/c10-6-7(14)15-4-16-8(6)17(5-1-2-5)3-9(11,12)13/h4-5H,1-3H2,(H2,14,15,16). The number of alkyl halides is 3. The largest absolute Gasteiger partial charge is 0.405 e. The van der Waals surface area contributed by atoms with E-state index in [0.29, 0.717) is 4.47 Å². The van der Waals surface area contributed by atoms with Crippen LogP contribution in [0.15, 0.2) is 10.8 Å². The van der Waals surface area contributed by atoms with Crippen molar-refractivity contribution in [1.82, 2.24) is 9.97 Å². The Kier molecular flexibility index (Phi) is 3.15. The van der Waals surface area contributed by atoms with Crippen molar-refractivity contribution in [2.45, 2.75) is 25.1 Å². The highest BCUT2D eigenvalue weighted by Crippen LogP contribution is 2.37. The quantitative estimate of drug-likeness (QED) is 0.931. The average Bonchev–Trinajstić information content (AvgIpc) is 3.01. The van der Waals surface area contributed by atoms with Crippen molar-refractivity contribution in [3.05, 3.63) is 10.8 Å². The molecule has 2 N–H and O–H groups in total. The lowest BCUT2D eigenvalue weighted by Crippen LogP contribution is -2.36. The van der Waals surface area contributed by atoms with Gasteiger partial charge in [0.2, 0.25) is 0 Å². The number of halogens is 4. The van der Waals surface area contributed by atoms with Gasteiger partial charge in [0, 0.05) is 6.04 Å². The minimum Gasteiger partial charge on any atom is -0.383 e. The van der Waals surface area contributed by atoms with E-state index in [2.05, 4.69) is 25.9 Å². The van der Waals surface area contributed by atoms with Crippen molar-refractivity contribution < 1.29 is 13.2 Å². The molecule has 0 bridgehead atoms. The van der Waals surface area contributed by atoms with E-state index in [1.807, 2.05) is 0 Å². The molecule has 1 fully saturated rings. The van der Waals surface area contributed by atoms with Gasteiger partial charge in [0.05, 0.1) is 0 Å². The third-order valence-electron chi connectivity index (χ3n) is 2.41. The smallest absolute Gasteiger partial charge is 0.383 e. The lowest BCUT2D eigenvalue weighted by atomic mass is 10.4. The fraction of sp³-hybridized carbons (Fsp3) is 0.556. The van der Waals surface area contributed by atoms with Crippen LogP contribution in [0.4, 0.5) is 24.8 Å². The summed E-state index contributed by atoms with van der Waals surface area (Å²) in [5, 5.41) is 0. The van der Waals surface area contributed by atoms with Crippen LogP contribution < -0.4 is 10.6 Å². The van der Waals surface area contributed by atoms with Crippen LogP contribution in [0.5, 0.6) is 0 Å². The van der Waals surface area contributed by atoms with E-state index in [0.717, 1.165) is 12.8 Å². The first-order valence-corrected chi connectivity index (χ1v) is 5.77. The minimum atomic E-state index is -4.26. The Morgan fingerprint density at radius 1 is 1.41 bits per heavy atom. The number of nitrogens with zero attached hydrogens (tertiary/aromatic N) is 3. The SMILES string of the molecule is Nc1ncnc(N(CC(F)(F)F)C2CC2)c1Br. The first kappa shape index (κ1) is 12.4. The van der Waals surface area contributed by atoms with Gasteiger partial charge in [-0.1, -0.05) is 0 Å². The summed E-state index contributed by atoms with van der Waals surface area (Å²) in [7, 11) is 0. The Balaban J connectivity index is 2.29. The maximum absolute atomic E-state index is 12.5. The number of nitrogens with two attached hydrogens (primary N) is 1. The molecule has 0 unspecified atom stereocenters. The summed E-state index contributed by atoms with van der Waals surface area (Å²) in [4.78, 5) is 8.81. The Hall–Kier alpha value is -1.05. The molecule has 0 aromatic carbocycles. The molecular formula is C9H10BrF3N4. The number of rotatable bonds is 3. The topological polar surface area (TPSA) is 55.0 Å². The van der Waals surface area contributed by atoms with Crippen LogP contribution in [0.1, 0.15) is 12.8 Å². The van der Waals surface area contributed by atoms with Gasteiger partial charge in [-0.25, -0.2) is 9.97 Å². The van der Waals surface area contributed by atoms with Gasteiger partial charge in [0.1, 0.15) is 29.0 Å². The molecule has 1 heterocycles. The van der Waals surface area contributed by atoms with E-state index < -0.39 is 12.7 Å². The van der Waals surface area contributed by atoms with Gasteiger partial charge in [0.15, 0.2) is 0 Å². The third kappa shape index (κ3) is 2.99. The van der Waals surface area contributed by atoms with Crippen LogP contribution in [0.2, 0.25) is 0 Å². The molecule has 0 saturated heterocycles. The summed E-state index contributed by atoms with van der Waals surface area (Å²) < 4.78 is 37.8. The van der Waals surface area contributed by atoms with E-state index in [1.54, 1.807) is 0 Å². The molecule has 1 saturated carbocycles. The zero-order valence-electron chi connectivity index (χ0n) is 8.71. The molecule has 4 nitrogen and oxygen atoms in total. The van der Waals surface area contributed by atoms with Gasteiger partial charge < -0.3 is 10.6 Å². The first-order chi connectivity index (χ1) is 7.88. The zero-order valence-corrected chi connectivity index (χ0v) is 10.3. The molecule has 0 spiro atoms. The molecule has 94 valence electrons. The van der Waals surface area contributed by atoms with E-state index in [9.17, 15) is 13.2 Å². The molecule has 0 atom stereocenters. The Bertz CT molecular complexity index is 419. The molecule has 17 heavy (non-hydrogen) atoms. The van der Waals surface area contributed by atoms with Crippen molar-refractivity contribution in [2.75, 3.05) is 17.2 Å². The summed E-state index contributed by atoms with van der Waals surface area (Å²) in [6.07, 6.45) is -1.61. The lowest BCUT2D eigenvalue weighted by Gasteiger charge is -2.25. The Morgan fingerprint density at radius 2 is 2.06 bits per heavy atom. The van der Waals surface area contributed by atoms with Gasteiger partial charge in [-0.3, -0.25) is 0 Å². The average molecular weight is 311 g/mol. The number of nitrogen functional groups attached to an aromatic ring is 1.